The zero-order valence-electron chi connectivity index (χ0n) is 18.4. The SMILES string of the molecule is COc1ccc(-c2nc3cc(N=Cc4ccc(OCc5ccccc5)cc4)ccc3o2)cc1Br. The average Bonchev–Trinajstić information content (AvgIpc) is 3.31. The number of fused-ring (bicyclic) bond motifs is 1. The van der Waals surface area contributed by atoms with Crippen LogP contribution in [0.1, 0.15) is 11.1 Å². The molecule has 0 radical (unpaired) electrons. The zero-order chi connectivity index (χ0) is 23.3. The van der Waals surface area contributed by atoms with Crippen LogP contribution in [0.2, 0.25) is 0 Å². The van der Waals surface area contributed by atoms with E-state index in [0.717, 1.165) is 43.9 Å². The highest BCUT2D eigenvalue weighted by Gasteiger charge is 2.11. The Balaban J connectivity index is 1.28. The third-order valence-corrected chi connectivity index (χ3v) is 5.88. The Morgan fingerprint density at radius 3 is 2.53 bits per heavy atom. The number of nitrogens with zero attached hydrogens (tertiary/aromatic N) is 2. The van der Waals surface area contributed by atoms with Crippen LogP contribution in [0, 0.1) is 0 Å². The van der Waals surface area contributed by atoms with Gasteiger partial charge in [-0.15, -0.1) is 0 Å². The van der Waals surface area contributed by atoms with Crippen LogP contribution in [0.3, 0.4) is 0 Å². The molecule has 4 aromatic carbocycles. The van der Waals surface area contributed by atoms with Crippen LogP contribution in [-0.2, 0) is 6.61 Å². The molecule has 5 aromatic rings. The second-order valence-electron chi connectivity index (χ2n) is 7.62. The first-order valence-corrected chi connectivity index (χ1v) is 11.5. The number of aliphatic imine (C=N–C) groups is 1. The van der Waals surface area contributed by atoms with E-state index in [2.05, 4.69) is 25.9 Å². The van der Waals surface area contributed by atoms with E-state index in [0.29, 0.717) is 18.1 Å². The molecule has 0 unspecified atom stereocenters. The number of hydrogen-bond acceptors (Lipinski definition) is 5. The number of benzene rings is 4. The summed E-state index contributed by atoms with van der Waals surface area (Å²) in [6.45, 7) is 0.543. The number of oxazole rings is 1. The topological polar surface area (TPSA) is 56.9 Å². The van der Waals surface area contributed by atoms with Crippen molar-refractivity contribution in [3.8, 4) is 23.0 Å². The van der Waals surface area contributed by atoms with Gasteiger partial charge in [-0.25, -0.2) is 4.98 Å². The molecule has 0 aliphatic carbocycles. The number of rotatable bonds is 7. The van der Waals surface area contributed by atoms with Gasteiger partial charge in [0.05, 0.1) is 17.3 Å². The average molecular weight is 513 g/mol. The lowest BCUT2D eigenvalue weighted by Crippen LogP contribution is -1.94. The number of aromatic nitrogens is 1. The summed E-state index contributed by atoms with van der Waals surface area (Å²) < 4.78 is 17.9. The maximum Gasteiger partial charge on any atom is 0.227 e. The highest BCUT2D eigenvalue weighted by atomic mass is 79.9. The van der Waals surface area contributed by atoms with Gasteiger partial charge in [0.2, 0.25) is 5.89 Å². The summed E-state index contributed by atoms with van der Waals surface area (Å²) in [7, 11) is 1.63. The van der Waals surface area contributed by atoms with E-state index in [-0.39, 0.29) is 0 Å². The van der Waals surface area contributed by atoms with Crippen molar-refractivity contribution in [2.75, 3.05) is 7.11 Å². The van der Waals surface area contributed by atoms with E-state index in [1.807, 2.05) is 97.2 Å². The molecule has 5 nitrogen and oxygen atoms in total. The molecule has 168 valence electrons. The number of methoxy groups -OCH3 is 1. The summed E-state index contributed by atoms with van der Waals surface area (Å²) in [5.41, 5.74) is 5.24. The standard InChI is InChI=1S/C28H21BrN2O3/c1-32-26-13-9-21(15-24(26)29)28-31-25-16-22(10-14-27(25)34-28)30-17-19-7-11-23(12-8-19)33-18-20-5-3-2-4-6-20/h2-17H,18H2,1H3. The summed E-state index contributed by atoms with van der Waals surface area (Å²) >= 11 is 3.50. The fraction of sp³-hybridized carbons (Fsp3) is 0.0714. The van der Waals surface area contributed by atoms with Gasteiger partial charge in [-0.05, 0) is 87.7 Å². The van der Waals surface area contributed by atoms with Crippen molar-refractivity contribution in [1.29, 1.82) is 0 Å². The number of ether oxygens (including phenoxy) is 2. The van der Waals surface area contributed by atoms with E-state index < -0.39 is 0 Å². The first-order valence-electron chi connectivity index (χ1n) is 10.7. The van der Waals surface area contributed by atoms with Crippen molar-refractivity contribution < 1.29 is 13.9 Å². The van der Waals surface area contributed by atoms with Gasteiger partial charge in [-0.2, -0.15) is 0 Å². The lowest BCUT2D eigenvalue weighted by atomic mass is 10.2. The van der Waals surface area contributed by atoms with E-state index in [1.54, 1.807) is 7.11 Å². The van der Waals surface area contributed by atoms with Gasteiger partial charge in [0.1, 0.15) is 23.6 Å². The molecule has 0 aliphatic heterocycles. The number of hydrogen-bond donors (Lipinski definition) is 0. The Morgan fingerprint density at radius 2 is 1.76 bits per heavy atom. The van der Waals surface area contributed by atoms with Crippen molar-refractivity contribution in [1.82, 2.24) is 4.98 Å². The van der Waals surface area contributed by atoms with Crippen molar-refractivity contribution in [3.63, 3.8) is 0 Å². The smallest absolute Gasteiger partial charge is 0.227 e. The molecule has 0 bridgehead atoms. The molecule has 0 amide bonds. The lowest BCUT2D eigenvalue weighted by molar-refractivity contribution is 0.306. The summed E-state index contributed by atoms with van der Waals surface area (Å²) in [6, 6.07) is 29.4. The maximum atomic E-state index is 5.93. The third-order valence-electron chi connectivity index (χ3n) is 5.26. The molecule has 1 aromatic heterocycles. The Bertz CT molecular complexity index is 1440. The van der Waals surface area contributed by atoms with Gasteiger partial charge in [-0.3, -0.25) is 4.99 Å². The Kier molecular flexibility index (Phi) is 6.40. The molecule has 0 saturated carbocycles. The summed E-state index contributed by atoms with van der Waals surface area (Å²) in [5, 5.41) is 0. The monoisotopic (exact) mass is 512 g/mol. The minimum atomic E-state index is 0.543. The molecular formula is C28H21BrN2O3. The largest absolute Gasteiger partial charge is 0.496 e. The molecular weight excluding hydrogens is 492 g/mol. The third kappa shape index (κ3) is 5.02. The fourth-order valence-electron chi connectivity index (χ4n) is 3.46. The zero-order valence-corrected chi connectivity index (χ0v) is 20.0. The lowest BCUT2D eigenvalue weighted by Gasteiger charge is -2.06. The fourth-order valence-corrected chi connectivity index (χ4v) is 4.00. The highest BCUT2D eigenvalue weighted by Crippen LogP contribution is 2.32. The second-order valence-corrected chi connectivity index (χ2v) is 8.48. The van der Waals surface area contributed by atoms with E-state index in [4.69, 9.17) is 13.9 Å². The Labute approximate surface area is 205 Å². The molecule has 34 heavy (non-hydrogen) atoms. The minimum Gasteiger partial charge on any atom is -0.496 e. The molecule has 0 saturated heterocycles. The van der Waals surface area contributed by atoms with Gasteiger partial charge in [0, 0.05) is 11.8 Å². The molecule has 0 fully saturated rings. The molecule has 5 rings (SSSR count). The van der Waals surface area contributed by atoms with Gasteiger partial charge in [0.15, 0.2) is 5.58 Å². The van der Waals surface area contributed by atoms with Gasteiger partial charge in [-0.1, -0.05) is 30.3 Å². The van der Waals surface area contributed by atoms with Crippen LogP contribution >= 0.6 is 15.9 Å². The summed E-state index contributed by atoms with van der Waals surface area (Å²) in [4.78, 5) is 9.23. The molecule has 0 atom stereocenters. The van der Waals surface area contributed by atoms with Crippen LogP contribution in [0.25, 0.3) is 22.6 Å². The van der Waals surface area contributed by atoms with Gasteiger partial charge in [0.25, 0.3) is 0 Å². The number of halogens is 1. The molecule has 0 aliphatic rings. The molecule has 0 N–H and O–H groups in total. The Morgan fingerprint density at radius 1 is 0.941 bits per heavy atom. The quantitative estimate of drug-likeness (QED) is 0.210. The molecule has 0 spiro atoms. The molecule has 1 heterocycles. The van der Waals surface area contributed by atoms with Crippen LogP contribution in [-0.4, -0.2) is 18.3 Å². The van der Waals surface area contributed by atoms with Crippen LogP contribution in [0.15, 0.2) is 105 Å². The van der Waals surface area contributed by atoms with Crippen molar-refractivity contribution in [3.05, 3.63) is 107 Å². The van der Waals surface area contributed by atoms with Crippen LogP contribution in [0.4, 0.5) is 5.69 Å². The first kappa shape index (κ1) is 21.9. The minimum absolute atomic E-state index is 0.543. The summed E-state index contributed by atoms with van der Waals surface area (Å²) in [5.74, 6) is 2.13. The first-order chi connectivity index (χ1) is 16.7. The maximum absolute atomic E-state index is 5.93. The van der Waals surface area contributed by atoms with E-state index in [9.17, 15) is 0 Å². The highest BCUT2D eigenvalue weighted by molar-refractivity contribution is 9.10. The van der Waals surface area contributed by atoms with Crippen molar-refractivity contribution >= 4 is 38.9 Å². The normalized spacial score (nSPS) is 11.2. The summed E-state index contributed by atoms with van der Waals surface area (Å²) in [6.07, 6.45) is 1.82. The van der Waals surface area contributed by atoms with Crippen LogP contribution < -0.4 is 9.47 Å². The second kappa shape index (κ2) is 9.93. The van der Waals surface area contributed by atoms with Crippen molar-refractivity contribution in [2.24, 2.45) is 4.99 Å². The Hall–Kier alpha value is -3.90. The predicted molar refractivity (Wildman–Crippen MR) is 138 cm³/mol. The van der Waals surface area contributed by atoms with E-state index in [1.165, 1.54) is 0 Å². The predicted octanol–water partition coefficient (Wildman–Crippen LogP) is 7.60. The van der Waals surface area contributed by atoms with Gasteiger partial charge < -0.3 is 13.9 Å². The van der Waals surface area contributed by atoms with E-state index >= 15 is 0 Å². The van der Waals surface area contributed by atoms with Gasteiger partial charge >= 0.3 is 0 Å². The molecule has 6 heteroatoms. The van der Waals surface area contributed by atoms with Crippen molar-refractivity contribution in [2.45, 2.75) is 6.61 Å². The van der Waals surface area contributed by atoms with Crippen LogP contribution in [0.5, 0.6) is 11.5 Å².